The predicted molar refractivity (Wildman–Crippen MR) is 80.8 cm³/mol. The van der Waals surface area contributed by atoms with Gasteiger partial charge in [-0.15, -0.1) is 0 Å². The first kappa shape index (κ1) is 13.6. The molecule has 1 saturated heterocycles. The molecule has 1 heterocycles. The van der Waals surface area contributed by atoms with Gasteiger partial charge in [0.05, 0.1) is 0 Å². The van der Waals surface area contributed by atoms with Gasteiger partial charge in [-0.1, -0.05) is 35.9 Å². The first-order valence-corrected chi connectivity index (χ1v) is 7.33. The van der Waals surface area contributed by atoms with E-state index in [9.17, 15) is 4.39 Å². The quantitative estimate of drug-likeness (QED) is 0.867. The minimum absolute atomic E-state index is 0.157. The minimum atomic E-state index is -0.157. The molecule has 0 spiro atoms. The Morgan fingerprint density at radius 3 is 2.55 bits per heavy atom. The summed E-state index contributed by atoms with van der Waals surface area (Å²) in [5, 5.41) is 4.19. The van der Waals surface area contributed by atoms with Crippen LogP contribution in [-0.4, -0.2) is 13.1 Å². The lowest BCUT2D eigenvalue weighted by molar-refractivity contribution is 0.403. The molecular formula is C17H17ClFN. The molecule has 0 aliphatic carbocycles. The highest BCUT2D eigenvalue weighted by molar-refractivity contribution is 6.30. The van der Waals surface area contributed by atoms with Crippen molar-refractivity contribution in [1.29, 1.82) is 0 Å². The summed E-state index contributed by atoms with van der Waals surface area (Å²) in [6.45, 7) is 1.90. The normalized spacial score (nSPS) is 22.7. The second-order valence-electron chi connectivity index (χ2n) is 5.31. The van der Waals surface area contributed by atoms with Crippen molar-refractivity contribution in [2.75, 3.05) is 13.1 Å². The van der Waals surface area contributed by atoms with Crippen molar-refractivity contribution in [2.45, 2.75) is 18.3 Å². The predicted octanol–water partition coefficient (Wildman–Crippen LogP) is 4.34. The average molecular weight is 290 g/mol. The molecule has 2 atom stereocenters. The molecule has 0 aromatic heterocycles. The summed E-state index contributed by atoms with van der Waals surface area (Å²) in [7, 11) is 0. The monoisotopic (exact) mass is 289 g/mol. The zero-order chi connectivity index (χ0) is 13.9. The Balaban J connectivity index is 1.93. The van der Waals surface area contributed by atoms with Gasteiger partial charge in [-0.2, -0.15) is 0 Å². The fourth-order valence-electron chi connectivity index (χ4n) is 3.05. The Kier molecular flexibility index (Phi) is 4.04. The molecule has 1 aliphatic heterocycles. The van der Waals surface area contributed by atoms with Crippen LogP contribution in [0.5, 0.6) is 0 Å². The highest BCUT2D eigenvalue weighted by Gasteiger charge is 2.27. The van der Waals surface area contributed by atoms with Crippen molar-refractivity contribution in [1.82, 2.24) is 5.32 Å². The molecule has 3 heteroatoms. The molecule has 3 rings (SSSR count). The number of rotatable bonds is 2. The zero-order valence-electron chi connectivity index (χ0n) is 11.2. The third-order valence-electron chi connectivity index (χ3n) is 4.06. The smallest absolute Gasteiger partial charge is 0.123 e. The number of hydrogen-bond acceptors (Lipinski definition) is 1. The van der Waals surface area contributed by atoms with Crippen molar-refractivity contribution in [2.24, 2.45) is 0 Å². The summed E-state index contributed by atoms with van der Waals surface area (Å²) < 4.78 is 13.5. The van der Waals surface area contributed by atoms with Crippen LogP contribution in [0.4, 0.5) is 4.39 Å². The number of halogens is 2. The van der Waals surface area contributed by atoms with Crippen molar-refractivity contribution in [3.63, 3.8) is 0 Å². The van der Waals surface area contributed by atoms with Gasteiger partial charge in [0.2, 0.25) is 0 Å². The van der Waals surface area contributed by atoms with E-state index in [2.05, 4.69) is 17.4 Å². The van der Waals surface area contributed by atoms with Crippen LogP contribution < -0.4 is 5.32 Å². The van der Waals surface area contributed by atoms with Crippen molar-refractivity contribution >= 4 is 11.6 Å². The summed E-state index contributed by atoms with van der Waals surface area (Å²) in [5.74, 6) is 0.562. The highest BCUT2D eigenvalue weighted by Crippen LogP contribution is 2.37. The molecule has 2 aromatic carbocycles. The molecule has 2 unspecified atom stereocenters. The number of piperidine rings is 1. The van der Waals surface area contributed by atoms with Gasteiger partial charge >= 0.3 is 0 Å². The Labute approximate surface area is 123 Å². The van der Waals surface area contributed by atoms with E-state index in [4.69, 9.17) is 11.6 Å². The van der Waals surface area contributed by atoms with Crippen molar-refractivity contribution in [3.8, 4) is 0 Å². The molecule has 0 radical (unpaired) electrons. The number of hydrogen-bond donors (Lipinski definition) is 1. The van der Waals surface area contributed by atoms with Gasteiger partial charge < -0.3 is 5.32 Å². The van der Waals surface area contributed by atoms with Gasteiger partial charge in [-0.05, 0) is 54.3 Å². The SMILES string of the molecule is Fc1cccc(C2CCNCC2c2ccc(Cl)cc2)c1. The second-order valence-corrected chi connectivity index (χ2v) is 5.75. The molecule has 1 N–H and O–H groups in total. The van der Waals surface area contributed by atoms with E-state index in [1.807, 2.05) is 18.2 Å². The third-order valence-corrected chi connectivity index (χ3v) is 4.31. The molecule has 104 valence electrons. The van der Waals surface area contributed by atoms with E-state index in [1.54, 1.807) is 12.1 Å². The molecule has 1 nitrogen and oxygen atoms in total. The second kappa shape index (κ2) is 5.94. The fourth-order valence-corrected chi connectivity index (χ4v) is 3.18. The topological polar surface area (TPSA) is 12.0 Å². The van der Waals surface area contributed by atoms with Gasteiger partial charge in [0, 0.05) is 17.5 Å². The Morgan fingerprint density at radius 1 is 1.00 bits per heavy atom. The van der Waals surface area contributed by atoms with Gasteiger partial charge in [-0.3, -0.25) is 0 Å². The number of nitrogens with one attached hydrogen (secondary N) is 1. The molecular weight excluding hydrogens is 273 g/mol. The molecule has 20 heavy (non-hydrogen) atoms. The first-order valence-electron chi connectivity index (χ1n) is 6.95. The van der Waals surface area contributed by atoms with Crippen LogP contribution in [0.3, 0.4) is 0 Å². The van der Waals surface area contributed by atoms with Gasteiger partial charge in [0.1, 0.15) is 5.82 Å². The van der Waals surface area contributed by atoms with Gasteiger partial charge in [0.15, 0.2) is 0 Å². The van der Waals surface area contributed by atoms with E-state index < -0.39 is 0 Å². The summed E-state index contributed by atoms with van der Waals surface area (Å²) in [4.78, 5) is 0. The van der Waals surface area contributed by atoms with Gasteiger partial charge in [0.25, 0.3) is 0 Å². The lowest BCUT2D eigenvalue weighted by Gasteiger charge is -2.33. The molecule has 1 aliphatic rings. The molecule has 0 bridgehead atoms. The van der Waals surface area contributed by atoms with Crippen LogP contribution in [0.1, 0.15) is 29.4 Å². The van der Waals surface area contributed by atoms with Crippen LogP contribution in [-0.2, 0) is 0 Å². The Hall–Kier alpha value is -1.38. The summed E-state index contributed by atoms with van der Waals surface area (Å²) in [6.07, 6.45) is 1.02. The average Bonchev–Trinajstić information content (AvgIpc) is 2.48. The Bertz CT molecular complexity index is 582. The van der Waals surface area contributed by atoms with Crippen LogP contribution in [0, 0.1) is 5.82 Å². The zero-order valence-corrected chi connectivity index (χ0v) is 11.9. The molecule has 0 amide bonds. The lowest BCUT2D eigenvalue weighted by atomic mass is 9.77. The summed E-state index contributed by atoms with van der Waals surface area (Å²) >= 11 is 5.96. The van der Waals surface area contributed by atoms with Crippen LogP contribution in [0.15, 0.2) is 48.5 Å². The molecule has 2 aromatic rings. The van der Waals surface area contributed by atoms with E-state index in [0.717, 1.165) is 30.1 Å². The lowest BCUT2D eigenvalue weighted by Crippen LogP contribution is -2.34. The maximum absolute atomic E-state index is 13.5. The number of benzene rings is 2. The summed E-state index contributed by atoms with van der Waals surface area (Å²) in [6, 6.07) is 15.0. The largest absolute Gasteiger partial charge is 0.316 e. The maximum Gasteiger partial charge on any atom is 0.123 e. The summed E-state index contributed by atoms with van der Waals surface area (Å²) in [5.41, 5.74) is 2.35. The fraction of sp³-hybridized carbons (Fsp3) is 0.294. The van der Waals surface area contributed by atoms with Crippen LogP contribution in [0.2, 0.25) is 5.02 Å². The highest BCUT2D eigenvalue weighted by atomic mass is 35.5. The molecule has 0 saturated carbocycles. The molecule has 1 fully saturated rings. The van der Waals surface area contributed by atoms with Crippen LogP contribution in [0.25, 0.3) is 0 Å². The van der Waals surface area contributed by atoms with Crippen molar-refractivity contribution in [3.05, 3.63) is 70.5 Å². The maximum atomic E-state index is 13.5. The standard InChI is InChI=1S/C17H17ClFN/c18-14-6-4-12(5-7-14)17-11-20-9-8-16(17)13-2-1-3-15(19)10-13/h1-7,10,16-17,20H,8-9,11H2. The van der Waals surface area contributed by atoms with E-state index in [1.165, 1.54) is 11.6 Å². The van der Waals surface area contributed by atoms with E-state index >= 15 is 0 Å². The Morgan fingerprint density at radius 2 is 1.80 bits per heavy atom. The van der Waals surface area contributed by atoms with Crippen LogP contribution >= 0.6 is 11.6 Å². The van der Waals surface area contributed by atoms with E-state index in [-0.39, 0.29) is 5.82 Å². The van der Waals surface area contributed by atoms with E-state index in [0.29, 0.717) is 11.8 Å². The minimum Gasteiger partial charge on any atom is -0.316 e. The van der Waals surface area contributed by atoms with Gasteiger partial charge in [-0.25, -0.2) is 4.39 Å². The van der Waals surface area contributed by atoms with Crippen molar-refractivity contribution < 1.29 is 4.39 Å². The third kappa shape index (κ3) is 2.87. The first-order chi connectivity index (χ1) is 9.74.